The van der Waals surface area contributed by atoms with Crippen LogP contribution < -0.4 is 0 Å². The Hall–Kier alpha value is -1.12. The third-order valence-corrected chi connectivity index (χ3v) is 2.54. The number of hydrogen-bond acceptors (Lipinski definition) is 2. The van der Waals surface area contributed by atoms with Gasteiger partial charge >= 0.3 is 0 Å². The van der Waals surface area contributed by atoms with Gasteiger partial charge < -0.3 is 0 Å². The van der Waals surface area contributed by atoms with Gasteiger partial charge in [-0.1, -0.05) is 20.8 Å². The molecule has 0 atom stereocenters. The van der Waals surface area contributed by atoms with Crippen LogP contribution >= 0.6 is 0 Å². The van der Waals surface area contributed by atoms with Crippen molar-refractivity contribution < 1.29 is 4.79 Å². The molecule has 0 saturated heterocycles. The van der Waals surface area contributed by atoms with Crippen LogP contribution in [-0.4, -0.2) is 16.1 Å². The molecular formula is C11H16N2O. The van der Waals surface area contributed by atoms with E-state index in [1.54, 1.807) is 0 Å². The summed E-state index contributed by atoms with van der Waals surface area (Å²) in [4.78, 5) is 10.7. The molecule has 1 aromatic rings. The lowest BCUT2D eigenvalue weighted by atomic mass is 9.92. The van der Waals surface area contributed by atoms with E-state index in [0.29, 0.717) is 11.7 Å². The molecule has 1 aromatic heterocycles. The highest BCUT2D eigenvalue weighted by Gasteiger charge is 2.31. The summed E-state index contributed by atoms with van der Waals surface area (Å²) < 4.78 is 2.03. The molecular weight excluding hydrogens is 176 g/mol. The van der Waals surface area contributed by atoms with Gasteiger partial charge in [-0.05, 0) is 18.9 Å². The van der Waals surface area contributed by atoms with E-state index in [4.69, 9.17) is 0 Å². The van der Waals surface area contributed by atoms with E-state index in [-0.39, 0.29) is 5.41 Å². The van der Waals surface area contributed by atoms with Gasteiger partial charge in [-0.15, -0.1) is 0 Å². The Kier molecular flexibility index (Phi) is 1.98. The number of aldehydes is 1. The molecule has 76 valence electrons. The largest absolute Gasteiger partial charge is 0.296 e. The van der Waals surface area contributed by atoms with Crippen molar-refractivity contribution >= 4 is 6.29 Å². The molecule has 14 heavy (non-hydrogen) atoms. The van der Waals surface area contributed by atoms with Crippen LogP contribution in [0, 0.1) is 0 Å². The maximum Gasteiger partial charge on any atom is 0.170 e. The lowest BCUT2D eigenvalue weighted by Gasteiger charge is -2.19. The first-order valence-corrected chi connectivity index (χ1v) is 5.07. The molecule has 2 rings (SSSR count). The summed E-state index contributed by atoms with van der Waals surface area (Å²) in [5.41, 5.74) is 1.79. The van der Waals surface area contributed by atoms with Crippen molar-refractivity contribution in [2.45, 2.75) is 45.1 Å². The molecule has 0 aromatic carbocycles. The van der Waals surface area contributed by atoms with E-state index < -0.39 is 0 Å². The molecule has 1 heterocycles. The molecule has 1 aliphatic carbocycles. The van der Waals surface area contributed by atoms with Gasteiger partial charge in [0.15, 0.2) is 6.29 Å². The minimum Gasteiger partial charge on any atom is -0.296 e. The Bertz CT molecular complexity index is 356. The summed E-state index contributed by atoms with van der Waals surface area (Å²) in [6.45, 7) is 6.45. The molecule has 0 spiro atoms. The summed E-state index contributed by atoms with van der Waals surface area (Å²) in [7, 11) is 0. The van der Waals surface area contributed by atoms with Gasteiger partial charge in [0.1, 0.15) is 5.69 Å². The number of aromatic nitrogens is 2. The Morgan fingerprint density at radius 3 is 2.57 bits per heavy atom. The molecule has 0 bridgehead atoms. The van der Waals surface area contributed by atoms with Crippen LogP contribution in [-0.2, 0) is 5.41 Å². The summed E-state index contributed by atoms with van der Waals surface area (Å²) >= 11 is 0. The monoisotopic (exact) mass is 192 g/mol. The average Bonchev–Trinajstić information content (AvgIpc) is 2.83. The van der Waals surface area contributed by atoms with E-state index in [1.807, 2.05) is 10.7 Å². The van der Waals surface area contributed by atoms with Crippen LogP contribution in [0.2, 0.25) is 0 Å². The lowest BCUT2D eigenvalue weighted by molar-refractivity contribution is 0.111. The number of carbonyl (C=O) groups is 1. The number of nitrogens with zero attached hydrogens (tertiary/aromatic N) is 2. The average molecular weight is 192 g/mol. The van der Waals surface area contributed by atoms with E-state index in [1.165, 1.54) is 18.5 Å². The predicted molar refractivity (Wildman–Crippen MR) is 54.6 cm³/mol. The van der Waals surface area contributed by atoms with Crippen LogP contribution in [0.1, 0.15) is 55.8 Å². The van der Waals surface area contributed by atoms with Gasteiger partial charge in [0, 0.05) is 11.1 Å². The predicted octanol–water partition coefficient (Wildman–Crippen LogP) is 2.33. The fourth-order valence-electron chi connectivity index (χ4n) is 1.63. The highest BCUT2D eigenvalue weighted by atomic mass is 16.1. The maximum absolute atomic E-state index is 10.7. The quantitative estimate of drug-likeness (QED) is 0.674. The zero-order valence-corrected chi connectivity index (χ0v) is 8.95. The number of carbonyl (C=O) groups excluding carboxylic acids is 1. The minimum absolute atomic E-state index is 0.0663. The Morgan fingerprint density at radius 2 is 2.14 bits per heavy atom. The van der Waals surface area contributed by atoms with Crippen molar-refractivity contribution in [1.29, 1.82) is 0 Å². The van der Waals surface area contributed by atoms with Gasteiger partial charge in [-0.3, -0.25) is 9.48 Å². The minimum atomic E-state index is 0.0663. The summed E-state index contributed by atoms with van der Waals surface area (Å²) in [6.07, 6.45) is 3.22. The van der Waals surface area contributed by atoms with Crippen molar-refractivity contribution in [2.75, 3.05) is 0 Å². The normalized spacial score (nSPS) is 17.1. The fraction of sp³-hybridized carbons (Fsp3) is 0.636. The first-order valence-electron chi connectivity index (χ1n) is 5.07. The van der Waals surface area contributed by atoms with Crippen LogP contribution in [0.3, 0.4) is 0 Å². The number of hydrogen-bond donors (Lipinski definition) is 0. The number of rotatable bonds is 2. The molecule has 0 radical (unpaired) electrons. The van der Waals surface area contributed by atoms with Gasteiger partial charge in [0.2, 0.25) is 0 Å². The van der Waals surface area contributed by atoms with Gasteiger partial charge in [0.25, 0.3) is 0 Å². The molecule has 0 aliphatic heterocycles. The van der Waals surface area contributed by atoms with Crippen molar-refractivity contribution in [1.82, 2.24) is 9.78 Å². The van der Waals surface area contributed by atoms with Gasteiger partial charge in [0.05, 0.1) is 6.04 Å². The standard InChI is InChI=1S/C11H16N2O/c1-11(2,3)10-6-8(7-14)12-13(10)9-4-5-9/h6-7,9H,4-5H2,1-3H3. The molecule has 0 amide bonds. The third-order valence-electron chi connectivity index (χ3n) is 2.54. The van der Waals surface area contributed by atoms with Crippen LogP contribution in [0.5, 0.6) is 0 Å². The van der Waals surface area contributed by atoms with Crippen LogP contribution in [0.25, 0.3) is 0 Å². The van der Waals surface area contributed by atoms with Gasteiger partial charge in [-0.25, -0.2) is 0 Å². The van der Waals surface area contributed by atoms with Crippen molar-refractivity contribution in [3.05, 3.63) is 17.5 Å². The van der Waals surface area contributed by atoms with Crippen molar-refractivity contribution in [2.24, 2.45) is 0 Å². The molecule has 1 fully saturated rings. The second-order valence-electron chi connectivity index (χ2n) is 5.00. The second-order valence-corrected chi connectivity index (χ2v) is 5.00. The zero-order valence-electron chi connectivity index (χ0n) is 8.95. The smallest absolute Gasteiger partial charge is 0.170 e. The third kappa shape index (κ3) is 1.59. The van der Waals surface area contributed by atoms with E-state index in [0.717, 1.165) is 6.29 Å². The Labute approximate surface area is 84.1 Å². The lowest BCUT2D eigenvalue weighted by Crippen LogP contribution is -2.17. The highest BCUT2D eigenvalue weighted by Crippen LogP contribution is 2.38. The molecule has 1 aliphatic rings. The SMILES string of the molecule is CC(C)(C)c1cc(C=O)nn1C1CC1. The molecule has 3 nitrogen and oxygen atoms in total. The van der Waals surface area contributed by atoms with Crippen molar-refractivity contribution in [3.8, 4) is 0 Å². The topological polar surface area (TPSA) is 34.9 Å². The summed E-state index contributed by atoms with van der Waals surface area (Å²) in [6, 6.07) is 2.45. The van der Waals surface area contributed by atoms with E-state index >= 15 is 0 Å². The Morgan fingerprint density at radius 1 is 1.50 bits per heavy atom. The first-order chi connectivity index (χ1) is 6.52. The molecule has 1 saturated carbocycles. The van der Waals surface area contributed by atoms with E-state index in [9.17, 15) is 4.79 Å². The summed E-state index contributed by atoms with van der Waals surface area (Å²) in [5, 5.41) is 4.31. The van der Waals surface area contributed by atoms with Crippen LogP contribution in [0.15, 0.2) is 6.07 Å². The Balaban J connectivity index is 2.45. The molecule has 0 N–H and O–H groups in total. The molecule has 3 heteroatoms. The maximum atomic E-state index is 10.7. The van der Waals surface area contributed by atoms with E-state index in [2.05, 4.69) is 25.9 Å². The first kappa shape index (κ1) is 9.44. The van der Waals surface area contributed by atoms with Crippen molar-refractivity contribution in [3.63, 3.8) is 0 Å². The second kappa shape index (κ2) is 2.94. The summed E-state index contributed by atoms with van der Waals surface area (Å²) in [5.74, 6) is 0. The highest BCUT2D eigenvalue weighted by molar-refractivity contribution is 5.71. The van der Waals surface area contributed by atoms with Crippen LogP contribution in [0.4, 0.5) is 0 Å². The molecule has 0 unspecified atom stereocenters. The zero-order chi connectivity index (χ0) is 10.3. The fourth-order valence-corrected chi connectivity index (χ4v) is 1.63. The van der Waals surface area contributed by atoms with Gasteiger partial charge in [-0.2, -0.15) is 5.10 Å².